The van der Waals surface area contributed by atoms with Gasteiger partial charge in [-0.3, -0.25) is 4.79 Å². The van der Waals surface area contributed by atoms with Crippen LogP contribution in [0, 0.1) is 0 Å². The molecular weight excluding hydrogens is 288 g/mol. The van der Waals surface area contributed by atoms with Crippen LogP contribution in [-0.4, -0.2) is 5.78 Å². The van der Waals surface area contributed by atoms with Gasteiger partial charge < -0.3 is 9.15 Å². The van der Waals surface area contributed by atoms with Gasteiger partial charge >= 0.3 is 0 Å². The molecule has 3 rings (SSSR count). The molecule has 0 unspecified atom stereocenters. The van der Waals surface area contributed by atoms with Gasteiger partial charge in [-0.25, -0.2) is 0 Å². The summed E-state index contributed by atoms with van der Waals surface area (Å²) in [5.41, 5.74) is 0.515. The Morgan fingerprint density at radius 1 is 0.857 bits per heavy atom. The van der Waals surface area contributed by atoms with Gasteiger partial charge in [-0.05, 0) is 60.1 Å². The SMILES string of the molecule is O=C(c1ccc(Oc2ccccc2)cc1)c1ccc(Cl)o1. The van der Waals surface area contributed by atoms with Gasteiger partial charge in [-0.2, -0.15) is 0 Å². The molecule has 0 bridgehead atoms. The molecule has 0 radical (unpaired) electrons. The molecule has 0 amide bonds. The van der Waals surface area contributed by atoms with E-state index in [4.69, 9.17) is 20.8 Å². The molecule has 104 valence electrons. The number of halogens is 1. The van der Waals surface area contributed by atoms with Crippen LogP contribution in [0.3, 0.4) is 0 Å². The number of para-hydroxylation sites is 1. The summed E-state index contributed by atoms with van der Waals surface area (Å²) >= 11 is 5.67. The number of hydrogen-bond donors (Lipinski definition) is 0. The summed E-state index contributed by atoms with van der Waals surface area (Å²) in [6.45, 7) is 0. The number of ether oxygens (including phenoxy) is 1. The van der Waals surface area contributed by atoms with Gasteiger partial charge in [0.1, 0.15) is 11.5 Å². The van der Waals surface area contributed by atoms with Crippen LogP contribution in [0.4, 0.5) is 0 Å². The van der Waals surface area contributed by atoms with E-state index < -0.39 is 0 Å². The molecule has 0 saturated carbocycles. The molecule has 0 atom stereocenters. The normalized spacial score (nSPS) is 10.3. The summed E-state index contributed by atoms with van der Waals surface area (Å²) in [5, 5.41) is 0.197. The summed E-state index contributed by atoms with van der Waals surface area (Å²) in [4.78, 5) is 12.1. The molecule has 1 heterocycles. The number of hydrogen-bond acceptors (Lipinski definition) is 3. The molecule has 0 saturated heterocycles. The van der Waals surface area contributed by atoms with E-state index >= 15 is 0 Å². The maximum atomic E-state index is 12.1. The highest BCUT2D eigenvalue weighted by Gasteiger charge is 2.13. The molecule has 3 aromatic rings. The lowest BCUT2D eigenvalue weighted by Gasteiger charge is -2.05. The van der Waals surface area contributed by atoms with Gasteiger partial charge in [0.25, 0.3) is 0 Å². The van der Waals surface area contributed by atoms with Crippen molar-refractivity contribution in [1.82, 2.24) is 0 Å². The van der Waals surface area contributed by atoms with Crippen molar-refractivity contribution < 1.29 is 13.9 Å². The summed E-state index contributed by atoms with van der Waals surface area (Å²) < 4.78 is 10.8. The Morgan fingerprint density at radius 3 is 2.14 bits per heavy atom. The molecule has 0 aliphatic rings. The number of carbonyl (C=O) groups is 1. The quantitative estimate of drug-likeness (QED) is 0.639. The Balaban J connectivity index is 1.76. The third-order valence-corrected chi connectivity index (χ3v) is 3.10. The average Bonchev–Trinajstić information content (AvgIpc) is 2.95. The number of ketones is 1. The summed E-state index contributed by atoms with van der Waals surface area (Å²) in [7, 11) is 0. The highest BCUT2D eigenvalue weighted by Crippen LogP contribution is 2.23. The van der Waals surface area contributed by atoms with Crippen molar-refractivity contribution >= 4 is 17.4 Å². The van der Waals surface area contributed by atoms with E-state index in [-0.39, 0.29) is 16.8 Å². The smallest absolute Gasteiger partial charge is 0.228 e. The zero-order valence-corrected chi connectivity index (χ0v) is 11.7. The highest BCUT2D eigenvalue weighted by atomic mass is 35.5. The number of benzene rings is 2. The second-order valence-electron chi connectivity index (χ2n) is 4.37. The second-order valence-corrected chi connectivity index (χ2v) is 4.74. The number of carbonyl (C=O) groups excluding carboxylic acids is 1. The van der Waals surface area contributed by atoms with E-state index in [1.54, 1.807) is 36.4 Å². The minimum Gasteiger partial charge on any atom is -0.457 e. The molecule has 4 heteroatoms. The first-order valence-corrected chi connectivity index (χ1v) is 6.73. The van der Waals surface area contributed by atoms with E-state index in [9.17, 15) is 4.79 Å². The van der Waals surface area contributed by atoms with E-state index in [1.165, 1.54) is 0 Å². The molecule has 0 N–H and O–H groups in total. The van der Waals surface area contributed by atoms with Crippen molar-refractivity contribution in [3.63, 3.8) is 0 Å². The van der Waals surface area contributed by atoms with Crippen molar-refractivity contribution in [2.24, 2.45) is 0 Å². The minimum absolute atomic E-state index is 0.197. The van der Waals surface area contributed by atoms with E-state index in [0.29, 0.717) is 11.3 Å². The summed E-state index contributed by atoms with van der Waals surface area (Å²) in [5.74, 6) is 1.41. The maximum Gasteiger partial charge on any atom is 0.228 e. The lowest BCUT2D eigenvalue weighted by atomic mass is 10.1. The van der Waals surface area contributed by atoms with Crippen molar-refractivity contribution in [2.75, 3.05) is 0 Å². The van der Waals surface area contributed by atoms with Crippen LogP contribution in [0.25, 0.3) is 0 Å². The van der Waals surface area contributed by atoms with Crippen LogP contribution in [0.2, 0.25) is 5.22 Å². The fourth-order valence-corrected chi connectivity index (χ4v) is 2.02. The van der Waals surface area contributed by atoms with Crippen molar-refractivity contribution in [1.29, 1.82) is 0 Å². The molecule has 0 fully saturated rings. The Morgan fingerprint density at radius 2 is 1.52 bits per heavy atom. The van der Waals surface area contributed by atoms with Gasteiger partial charge in [-0.15, -0.1) is 0 Å². The fraction of sp³-hybridized carbons (Fsp3) is 0. The standard InChI is InChI=1S/C17H11ClO3/c18-16-11-10-15(21-16)17(19)12-6-8-14(9-7-12)20-13-4-2-1-3-5-13/h1-11H. The van der Waals surface area contributed by atoms with Crippen LogP contribution in [0.1, 0.15) is 16.1 Å². The first-order valence-electron chi connectivity index (χ1n) is 6.35. The molecular formula is C17H11ClO3. The second kappa shape index (κ2) is 5.85. The third-order valence-electron chi connectivity index (χ3n) is 2.89. The molecule has 0 spiro atoms. The fourth-order valence-electron chi connectivity index (χ4n) is 1.88. The first kappa shape index (κ1) is 13.5. The molecule has 0 aliphatic heterocycles. The molecule has 21 heavy (non-hydrogen) atoms. The van der Waals surface area contributed by atoms with Crippen LogP contribution in [0.15, 0.2) is 71.1 Å². The lowest BCUT2D eigenvalue weighted by molar-refractivity contribution is 0.101. The van der Waals surface area contributed by atoms with Crippen molar-refractivity contribution in [3.05, 3.63) is 83.3 Å². The van der Waals surface area contributed by atoms with Gasteiger partial charge in [0, 0.05) is 5.56 Å². The maximum absolute atomic E-state index is 12.1. The highest BCUT2D eigenvalue weighted by molar-refractivity contribution is 6.29. The van der Waals surface area contributed by atoms with Gasteiger partial charge in [0.15, 0.2) is 11.0 Å². The van der Waals surface area contributed by atoms with Crippen LogP contribution in [-0.2, 0) is 0 Å². The zero-order valence-electron chi connectivity index (χ0n) is 11.0. The van der Waals surface area contributed by atoms with Crippen LogP contribution >= 0.6 is 11.6 Å². The van der Waals surface area contributed by atoms with E-state index in [1.807, 2.05) is 30.3 Å². The van der Waals surface area contributed by atoms with Crippen LogP contribution < -0.4 is 4.74 Å². The number of rotatable bonds is 4. The van der Waals surface area contributed by atoms with E-state index in [0.717, 1.165) is 5.75 Å². The van der Waals surface area contributed by atoms with Crippen LogP contribution in [0.5, 0.6) is 11.5 Å². The van der Waals surface area contributed by atoms with Gasteiger partial charge in [0.05, 0.1) is 0 Å². The Kier molecular flexibility index (Phi) is 3.75. The predicted molar refractivity (Wildman–Crippen MR) is 80.1 cm³/mol. The predicted octanol–water partition coefficient (Wildman–Crippen LogP) is 4.96. The van der Waals surface area contributed by atoms with Gasteiger partial charge in [0.2, 0.25) is 5.78 Å². The van der Waals surface area contributed by atoms with Gasteiger partial charge in [-0.1, -0.05) is 18.2 Å². The Hall–Kier alpha value is -2.52. The third kappa shape index (κ3) is 3.15. The minimum atomic E-state index is -0.215. The first-order chi connectivity index (χ1) is 10.2. The van der Waals surface area contributed by atoms with Crippen molar-refractivity contribution in [3.8, 4) is 11.5 Å². The Labute approximate surface area is 126 Å². The monoisotopic (exact) mass is 298 g/mol. The Bertz CT molecular complexity index is 745. The zero-order chi connectivity index (χ0) is 14.7. The lowest BCUT2D eigenvalue weighted by Crippen LogP contribution is -1.99. The molecule has 3 nitrogen and oxygen atoms in total. The molecule has 2 aromatic carbocycles. The molecule has 0 aliphatic carbocycles. The molecule has 1 aromatic heterocycles. The topological polar surface area (TPSA) is 39.4 Å². The number of furan rings is 1. The largest absolute Gasteiger partial charge is 0.457 e. The van der Waals surface area contributed by atoms with E-state index in [2.05, 4.69) is 0 Å². The van der Waals surface area contributed by atoms with Crippen molar-refractivity contribution in [2.45, 2.75) is 0 Å². The summed E-state index contributed by atoms with van der Waals surface area (Å²) in [6, 6.07) is 19.4. The average molecular weight is 299 g/mol. The summed E-state index contributed by atoms with van der Waals surface area (Å²) in [6.07, 6.45) is 0.